The monoisotopic (exact) mass is 373 g/mol. The number of rotatable bonds is 4. The Kier molecular flexibility index (Phi) is 4.36. The number of hydrogen-bond acceptors (Lipinski definition) is 4. The highest BCUT2D eigenvalue weighted by Gasteiger charge is 2.31. The molecule has 0 amide bonds. The van der Waals surface area contributed by atoms with Crippen LogP contribution >= 0.6 is 11.5 Å². The lowest BCUT2D eigenvalue weighted by molar-refractivity contribution is 0.741. The second-order valence-corrected chi connectivity index (χ2v) is 8.37. The average molecular weight is 374 g/mol. The Morgan fingerprint density at radius 1 is 1.19 bits per heavy atom. The minimum Gasteiger partial charge on any atom is -0.259 e. The molecule has 1 aromatic heterocycles. The number of aromatic nitrogens is 1. The highest BCUT2D eigenvalue weighted by Crippen LogP contribution is 2.36. The topological polar surface area (TPSA) is 37.6 Å². The predicted molar refractivity (Wildman–Crippen MR) is 114 cm³/mol. The fraction of sp³-hybridized carbons (Fsp3) is 0.348. The second-order valence-electron chi connectivity index (χ2n) is 7.51. The van der Waals surface area contributed by atoms with Crippen LogP contribution in [0.1, 0.15) is 48.2 Å². The van der Waals surface area contributed by atoms with Gasteiger partial charge in [-0.1, -0.05) is 30.4 Å². The van der Waals surface area contributed by atoms with Gasteiger partial charge in [0, 0.05) is 35.2 Å². The van der Waals surface area contributed by atoms with Gasteiger partial charge >= 0.3 is 0 Å². The lowest BCUT2D eigenvalue weighted by atomic mass is 9.86. The molecule has 1 aromatic rings. The van der Waals surface area contributed by atoms with E-state index in [1.807, 2.05) is 12.4 Å². The Hall–Kier alpha value is -2.33. The molecule has 0 radical (unpaired) electrons. The summed E-state index contributed by atoms with van der Waals surface area (Å²) in [5, 5.41) is 0. The Labute approximate surface area is 164 Å². The molecular weight excluding hydrogens is 350 g/mol. The molecule has 27 heavy (non-hydrogen) atoms. The Morgan fingerprint density at radius 2 is 2.15 bits per heavy atom. The Balaban J connectivity index is 1.41. The molecule has 0 saturated heterocycles. The van der Waals surface area contributed by atoms with Gasteiger partial charge in [0.05, 0.1) is 17.1 Å². The summed E-state index contributed by atoms with van der Waals surface area (Å²) in [5.74, 6) is 0.248. The summed E-state index contributed by atoms with van der Waals surface area (Å²) in [6.45, 7) is 2.14. The maximum Gasteiger partial charge on any atom is 0.0736 e. The van der Waals surface area contributed by atoms with Crippen LogP contribution in [-0.2, 0) is 6.42 Å². The van der Waals surface area contributed by atoms with Gasteiger partial charge in [0.1, 0.15) is 0 Å². The molecule has 0 bridgehead atoms. The zero-order valence-corrected chi connectivity index (χ0v) is 16.4. The van der Waals surface area contributed by atoms with Crippen molar-refractivity contribution in [2.45, 2.75) is 45.4 Å². The molecule has 3 nitrogen and oxygen atoms in total. The van der Waals surface area contributed by atoms with E-state index < -0.39 is 0 Å². The van der Waals surface area contributed by atoms with E-state index in [4.69, 9.17) is 9.98 Å². The van der Waals surface area contributed by atoms with E-state index in [0.29, 0.717) is 0 Å². The van der Waals surface area contributed by atoms with Crippen molar-refractivity contribution in [2.24, 2.45) is 15.9 Å². The summed E-state index contributed by atoms with van der Waals surface area (Å²) in [7, 11) is 0. The van der Waals surface area contributed by atoms with E-state index in [2.05, 4.69) is 41.7 Å². The van der Waals surface area contributed by atoms with E-state index >= 15 is 0 Å². The molecule has 0 fully saturated rings. The van der Waals surface area contributed by atoms with Crippen LogP contribution in [0.15, 0.2) is 63.9 Å². The average Bonchev–Trinajstić information content (AvgIpc) is 3.42. The van der Waals surface area contributed by atoms with E-state index in [9.17, 15) is 0 Å². The molecule has 1 atom stereocenters. The standard InChI is InChI=1S/C23H23N3S/c1-15-22(17-9-3-2-4-10-17)21(27-26-15)13-20-23-18(11-12-24-20)19(14-25-23)16-7-5-6-8-16/h5,7-9,11-12,14,18H,2-4,6,10,13H2,1H3. The van der Waals surface area contributed by atoms with Gasteiger partial charge in [0.2, 0.25) is 0 Å². The van der Waals surface area contributed by atoms with Crippen LogP contribution in [0.4, 0.5) is 0 Å². The van der Waals surface area contributed by atoms with Gasteiger partial charge in [-0.25, -0.2) is 0 Å². The third-order valence-electron chi connectivity index (χ3n) is 5.76. The van der Waals surface area contributed by atoms with Crippen molar-refractivity contribution < 1.29 is 0 Å². The quantitative estimate of drug-likeness (QED) is 0.661. The Morgan fingerprint density at radius 3 is 2.96 bits per heavy atom. The largest absolute Gasteiger partial charge is 0.259 e. The first kappa shape index (κ1) is 16.8. The molecule has 0 N–H and O–H groups in total. The fourth-order valence-corrected chi connectivity index (χ4v) is 5.32. The number of aliphatic imine (C=N–C) groups is 2. The van der Waals surface area contributed by atoms with Gasteiger partial charge in [0.25, 0.3) is 0 Å². The third kappa shape index (κ3) is 3.02. The van der Waals surface area contributed by atoms with Gasteiger partial charge in [0.15, 0.2) is 0 Å². The van der Waals surface area contributed by atoms with Gasteiger partial charge < -0.3 is 0 Å². The summed E-state index contributed by atoms with van der Waals surface area (Å²) in [6.07, 6.45) is 22.1. The molecule has 2 aliphatic carbocycles. The van der Waals surface area contributed by atoms with Crippen LogP contribution in [0.5, 0.6) is 0 Å². The summed E-state index contributed by atoms with van der Waals surface area (Å²) < 4.78 is 4.68. The first-order valence-corrected chi connectivity index (χ1v) is 10.6. The zero-order valence-electron chi connectivity index (χ0n) is 15.6. The summed E-state index contributed by atoms with van der Waals surface area (Å²) >= 11 is 1.63. The van der Waals surface area contributed by atoms with E-state index in [1.165, 1.54) is 58.5 Å². The SMILES string of the molecule is Cc1nsc(CC2=NC=CC3C(C4=CCC=C4)=CN=C23)c1C1=CCCCC1. The van der Waals surface area contributed by atoms with Crippen molar-refractivity contribution >= 4 is 28.5 Å². The zero-order chi connectivity index (χ0) is 18.2. The molecule has 3 heterocycles. The third-order valence-corrected chi connectivity index (χ3v) is 6.69. The molecule has 2 aliphatic heterocycles. The van der Waals surface area contributed by atoms with Crippen molar-refractivity contribution in [1.82, 2.24) is 4.37 Å². The lowest BCUT2D eigenvalue weighted by Crippen LogP contribution is -2.26. The minimum atomic E-state index is 0.248. The lowest BCUT2D eigenvalue weighted by Gasteiger charge is -2.19. The van der Waals surface area contributed by atoms with Gasteiger partial charge in [-0.05, 0) is 67.3 Å². The van der Waals surface area contributed by atoms with Crippen LogP contribution < -0.4 is 0 Å². The summed E-state index contributed by atoms with van der Waals surface area (Å²) in [6, 6.07) is 0. The van der Waals surface area contributed by atoms with Gasteiger partial charge in [-0.15, -0.1) is 0 Å². The molecule has 5 rings (SSSR count). The van der Waals surface area contributed by atoms with Crippen molar-refractivity contribution in [2.75, 3.05) is 0 Å². The van der Waals surface area contributed by atoms with E-state index in [1.54, 1.807) is 11.5 Å². The van der Waals surface area contributed by atoms with Crippen molar-refractivity contribution in [3.63, 3.8) is 0 Å². The van der Waals surface area contributed by atoms with Gasteiger partial charge in [-0.3, -0.25) is 9.98 Å². The number of allylic oxidation sites excluding steroid dienone is 8. The molecule has 0 saturated carbocycles. The van der Waals surface area contributed by atoms with Crippen molar-refractivity contribution in [1.29, 1.82) is 0 Å². The van der Waals surface area contributed by atoms with Crippen LogP contribution in [0.3, 0.4) is 0 Å². The number of fused-ring (bicyclic) bond motifs is 1. The van der Waals surface area contributed by atoms with E-state index in [0.717, 1.165) is 24.3 Å². The number of aryl methyl sites for hydroxylation is 1. The van der Waals surface area contributed by atoms with Crippen LogP contribution in [0, 0.1) is 12.8 Å². The highest BCUT2D eigenvalue weighted by atomic mass is 32.1. The normalized spacial score (nSPS) is 23.6. The molecular formula is C23H23N3S. The Bertz CT molecular complexity index is 995. The molecule has 1 unspecified atom stereocenters. The maximum absolute atomic E-state index is 4.78. The van der Waals surface area contributed by atoms with Gasteiger partial charge in [-0.2, -0.15) is 4.37 Å². The molecule has 0 spiro atoms. The number of nitrogens with zero attached hydrogens (tertiary/aromatic N) is 3. The van der Waals surface area contributed by atoms with Crippen molar-refractivity contribution in [3.05, 3.63) is 70.1 Å². The molecule has 136 valence electrons. The molecule has 4 heteroatoms. The first-order valence-electron chi connectivity index (χ1n) is 9.84. The maximum atomic E-state index is 4.78. The van der Waals surface area contributed by atoms with E-state index in [-0.39, 0.29) is 5.92 Å². The summed E-state index contributed by atoms with van der Waals surface area (Å²) in [4.78, 5) is 10.8. The number of hydrogen-bond donors (Lipinski definition) is 0. The smallest absolute Gasteiger partial charge is 0.0736 e. The van der Waals surface area contributed by atoms with Crippen LogP contribution in [-0.4, -0.2) is 15.8 Å². The minimum absolute atomic E-state index is 0.248. The predicted octanol–water partition coefficient (Wildman–Crippen LogP) is 5.76. The van der Waals surface area contributed by atoms with Crippen LogP contribution in [0.2, 0.25) is 0 Å². The van der Waals surface area contributed by atoms with Crippen LogP contribution in [0.25, 0.3) is 5.57 Å². The first-order chi connectivity index (χ1) is 13.3. The fourth-order valence-electron chi connectivity index (χ4n) is 4.41. The second kappa shape index (κ2) is 7.01. The highest BCUT2D eigenvalue weighted by molar-refractivity contribution is 7.06. The summed E-state index contributed by atoms with van der Waals surface area (Å²) in [5.41, 5.74) is 8.85. The van der Waals surface area contributed by atoms with Crippen molar-refractivity contribution in [3.8, 4) is 0 Å². The molecule has 4 aliphatic rings. The molecule has 0 aromatic carbocycles.